The molecule has 1 aromatic heterocycles. The molecule has 14 nitrogen and oxygen atoms in total. The Morgan fingerprint density at radius 2 is 1.86 bits per heavy atom. The van der Waals surface area contributed by atoms with Gasteiger partial charge in [0.15, 0.2) is 0 Å². The SMILES string of the molecule is CCOc1cnc(O[C@@H]2C[C@H]3C(=O)NC4(C(=O)NS(=O)(=O)C5(C)CC5)CC4/C=C\CC[C@H](C)C[C@@H](C)[C@H](NC(=O)O)C(=O)N3C2)c2ccccc12. The number of pyridine rings is 1. The molecule has 2 saturated carbocycles. The molecule has 2 aliphatic heterocycles. The second kappa shape index (κ2) is 14.0. The predicted octanol–water partition coefficient (Wildman–Crippen LogP) is 3.50. The standard InChI is InChI=1S/C36H47N5O9S/c1-5-49-28-19-37-31(26-13-9-8-12-25(26)28)50-24-17-27-30(42)39-36(33(44)40-51(47,48)35(4)14-15-35)18-23(36)11-7-6-10-21(2)16-22(3)29(38-34(45)46)32(43)41(27)20-24/h7-9,11-13,19,21-24,27,29,38H,5-6,10,14-18,20H2,1-4H3,(H,39,42)(H,40,44)(H,45,46)/b11-7-/t21-,22+,23?,24+,27-,29-,36?/m0/s1. The first-order chi connectivity index (χ1) is 24.2. The maximum atomic E-state index is 14.4. The number of fused-ring (bicyclic) bond motifs is 3. The van der Waals surface area contributed by atoms with E-state index in [-0.39, 0.29) is 31.2 Å². The molecule has 3 heterocycles. The van der Waals surface area contributed by atoms with Crippen molar-refractivity contribution in [1.82, 2.24) is 25.2 Å². The van der Waals surface area contributed by atoms with Gasteiger partial charge in [-0.15, -0.1) is 0 Å². The van der Waals surface area contributed by atoms with Gasteiger partial charge in [-0.25, -0.2) is 18.2 Å². The zero-order valence-electron chi connectivity index (χ0n) is 29.4. The summed E-state index contributed by atoms with van der Waals surface area (Å²) in [5.41, 5.74) is -1.54. The highest BCUT2D eigenvalue weighted by atomic mass is 32.2. The normalized spacial score (nSPS) is 31.2. The minimum absolute atomic E-state index is 0.0138. The number of sulfonamides is 1. The number of allylic oxidation sites excluding steroid dienone is 1. The Labute approximate surface area is 297 Å². The van der Waals surface area contributed by atoms with Gasteiger partial charge in [-0.05, 0) is 70.3 Å². The Hall–Kier alpha value is -4.40. The lowest BCUT2D eigenvalue weighted by Crippen LogP contribution is -2.59. The summed E-state index contributed by atoms with van der Waals surface area (Å²) in [6.45, 7) is 7.67. The third-order valence-corrected chi connectivity index (χ3v) is 13.0. The van der Waals surface area contributed by atoms with Crippen LogP contribution in [0.15, 0.2) is 42.6 Å². The van der Waals surface area contributed by atoms with Gasteiger partial charge in [-0.3, -0.25) is 19.1 Å². The molecule has 0 bridgehead atoms. The van der Waals surface area contributed by atoms with Crippen molar-refractivity contribution < 1.29 is 42.2 Å². The zero-order valence-corrected chi connectivity index (χ0v) is 30.2. The third kappa shape index (κ3) is 7.35. The highest BCUT2D eigenvalue weighted by Crippen LogP contribution is 2.47. The quantitative estimate of drug-likeness (QED) is 0.293. The Kier molecular flexibility index (Phi) is 9.96. The van der Waals surface area contributed by atoms with E-state index in [9.17, 15) is 32.7 Å². The number of amides is 4. The summed E-state index contributed by atoms with van der Waals surface area (Å²) in [7, 11) is -4.00. The predicted molar refractivity (Wildman–Crippen MR) is 187 cm³/mol. The van der Waals surface area contributed by atoms with Gasteiger partial charge in [0.05, 0.1) is 24.1 Å². The second-order valence-corrected chi connectivity index (χ2v) is 17.0. The molecule has 6 rings (SSSR count). The fourth-order valence-corrected chi connectivity index (χ4v) is 8.71. The number of benzene rings is 1. The van der Waals surface area contributed by atoms with E-state index in [4.69, 9.17) is 9.47 Å². The summed E-state index contributed by atoms with van der Waals surface area (Å²) in [5.74, 6) is -1.95. The summed E-state index contributed by atoms with van der Waals surface area (Å²) in [5, 5.41) is 16.5. The van der Waals surface area contributed by atoms with Gasteiger partial charge in [0.25, 0.3) is 5.91 Å². The molecule has 51 heavy (non-hydrogen) atoms. The number of carbonyl (C=O) groups is 4. The fraction of sp³-hybridized carbons (Fsp3) is 0.583. The van der Waals surface area contributed by atoms with Crippen LogP contribution in [0, 0.1) is 17.8 Å². The minimum Gasteiger partial charge on any atom is -0.492 e. The molecular formula is C36H47N5O9S. The third-order valence-electron chi connectivity index (χ3n) is 10.8. The molecule has 2 aromatic rings. The molecule has 2 aliphatic carbocycles. The summed E-state index contributed by atoms with van der Waals surface area (Å²) >= 11 is 0. The van der Waals surface area contributed by atoms with Crippen molar-refractivity contribution in [2.75, 3.05) is 13.2 Å². The van der Waals surface area contributed by atoms with Crippen molar-refractivity contribution in [3.63, 3.8) is 0 Å². The maximum Gasteiger partial charge on any atom is 0.405 e. The molecular weight excluding hydrogens is 678 g/mol. The molecule has 0 radical (unpaired) electrons. The number of nitrogens with one attached hydrogen (secondary N) is 3. The molecule has 3 fully saturated rings. The number of hydrogen-bond donors (Lipinski definition) is 4. The largest absolute Gasteiger partial charge is 0.492 e. The molecule has 4 amide bonds. The second-order valence-electron chi connectivity index (χ2n) is 14.8. The van der Waals surface area contributed by atoms with E-state index in [1.165, 1.54) is 4.90 Å². The first kappa shape index (κ1) is 36.4. The van der Waals surface area contributed by atoms with E-state index in [2.05, 4.69) is 20.3 Å². The molecule has 276 valence electrons. The van der Waals surface area contributed by atoms with Crippen LogP contribution in [0.2, 0.25) is 0 Å². The number of ether oxygens (including phenoxy) is 2. The van der Waals surface area contributed by atoms with Gasteiger partial charge in [-0.1, -0.05) is 44.2 Å². The molecule has 4 aliphatic rings. The number of hydrogen-bond acceptors (Lipinski definition) is 9. The van der Waals surface area contributed by atoms with E-state index in [0.717, 1.165) is 11.8 Å². The van der Waals surface area contributed by atoms with Crippen LogP contribution in [-0.4, -0.2) is 88.8 Å². The van der Waals surface area contributed by atoms with Crippen LogP contribution < -0.4 is 24.8 Å². The van der Waals surface area contributed by atoms with Crippen molar-refractivity contribution in [2.45, 2.75) is 101 Å². The average Bonchev–Trinajstić information content (AvgIpc) is 3.96. The number of carbonyl (C=O) groups excluding carboxylic acids is 3. The van der Waals surface area contributed by atoms with E-state index >= 15 is 0 Å². The van der Waals surface area contributed by atoms with Crippen LogP contribution in [0.3, 0.4) is 0 Å². The van der Waals surface area contributed by atoms with Crippen molar-refractivity contribution >= 4 is 44.6 Å². The van der Waals surface area contributed by atoms with Crippen LogP contribution in [-0.2, 0) is 24.4 Å². The van der Waals surface area contributed by atoms with Crippen molar-refractivity contribution in [1.29, 1.82) is 0 Å². The van der Waals surface area contributed by atoms with Gasteiger partial charge < -0.3 is 30.1 Å². The van der Waals surface area contributed by atoms with Crippen LogP contribution in [0.4, 0.5) is 4.79 Å². The molecule has 2 unspecified atom stereocenters. The summed E-state index contributed by atoms with van der Waals surface area (Å²) < 4.78 is 39.5. The first-order valence-electron chi connectivity index (χ1n) is 17.7. The van der Waals surface area contributed by atoms with Crippen LogP contribution in [0.1, 0.15) is 72.6 Å². The molecule has 15 heteroatoms. The van der Waals surface area contributed by atoms with Crippen molar-refractivity contribution in [3.05, 3.63) is 42.6 Å². The molecule has 4 N–H and O–H groups in total. The lowest BCUT2D eigenvalue weighted by atomic mass is 9.88. The topological polar surface area (TPSA) is 193 Å². The number of carboxylic acid groups (broad SMARTS) is 1. The Morgan fingerprint density at radius 3 is 2.55 bits per heavy atom. The van der Waals surface area contributed by atoms with Crippen LogP contribution >= 0.6 is 0 Å². The van der Waals surface area contributed by atoms with Crippen LogP contribution in [0.5, 0.6) is 11.6 Å². The van der Waals surface area contributed by atoms with Gasteiger partial charge >= 0.3 is 6.09 Å². The monoisotopic (exact) mass is 725 g/mol. The first-order valence-corrected chi connectivity index (χ1v) is 19.2. The van der Waals surface area contributed by atoms with Crippen molar-refractivity contribution in [3.8, 4) is 11.6 Å². The van der Waals surface area contributed by atoms with Crippen molar-refractivity contribution in [2.24, 2.45) is 17.8 Å². The molecule has 1 saturated heterocycles. The lowest BCUT2D eigenvalue weighted by molar-refractivity contribution is -0.142. The maximum absolute atomic E-state index is 14.4. The molecule has 1 aromatic carbocycles. The van der Waals surface area contributed by atoms with E-state index < -0.39 is 74.1 Å². The molecule has 7 atom stereocenters. The lowest BCUT2D eigenvalue weighted by Gasteiger charge is -2.32. The Balaban J connectivity index is 1.34. The smallest absolute Gasteiger partial charge is 0.405 e. The summed E-state index contributed by atoms with van der Waals surface area (Å²) in [4.78, 5) is 60.2. The van der Waals surface area contributed by atoms with Gasteiger partial charge in [0.1, 0.15) is 29.5 Å². The van der Waals surface area contributed by atoms with E-state index in [1.807, 2.05) is 57.2 Å². The van der Waals surface area contributed by atoms with Crippen LogP contribution in [0.25, 0.3) is 10.8 Å². The Morgan fingerprint density at radius 1 is 1.14 bits per heavy atom. The average molecular weight is 726 g/mol. The highest BCUT2D eigenvalue weighted by Gasteiger charge is 2.63. The number of nitrogens with zero attached hydrogens (tertiary/aromatic N) is 2. The number of aromatic nitrogens is 1. The fourth-order valence-electron chi connectivity index (χ4n) is 7.39. The zero-order chi connectivity index (χ0) is 36.7. The van der Waals surface area contributed by atoms with Gasteiger partial charge in [-0.2, -0.15) is 0 Å². The van der Waals surface area contributed by atoms with Gasteiger partial charge in [0, 0.05) is 23.1 Å². The Bertz CT molecular complexity index is 1850. The van der Waals surface area contributed by atoms with Gasteiger partial charge in [0.2, 0.25) is 27.7 Å². The summed E-state index contributed by atoms with van der Waals surface area (Å²) in [6.07, 6.45) is 6.24. The molecule has 0 spiro atoms. The van der Waals surface area contributed by atoms with E-state index in [0.29, 0.717) is 43.4 Å². The highest BCUT2D eigenvalue weighted by molar-refractivity contribution is 7.91. The van der Waals surface area contributed by atoms with E-state index in [1.54, 1.807) is 13.1 Å². The number of rotatable bonds is 8. The summed E-state index contributed by atoms with van der Waals surface area (Å²) in [6, 6.07) is 5.10. The minimum atomic E-state index is -4.00.